The van der Waals surface area contributed by atoms with E-state index in [1.54, 1.807) is 6.20 Å². The first-order valence-electron chi connectivity index (χ1n) is 6.29. The molecule has 1 aliphatic rings. The molecule has 19 heavy (non-hydrogen) atoms. The van der Waals surface area contributed by atoms with Gasteiger partial charge >= 0.3 is 0 Å². The number of aromatic nitrogens is 1. The van der Waals surface area contributed by atoms with E-state index in [0.29, 0.717) is 11.8 Å². The van der Waals surface area contributed by atoms with Gasteiger partial charge < -0.3 is 9.84 Å². The summed E-state index contributed by atoms with van der Waals surface area (Å²) in [6.07, 6.45) is 3.62. The van der Waals surface area contributed by atoms with Crippen molar-refractivity contribution in [3.8, 4) is 5.75 Å². The minimum absolute atomic E-state index is 0.390. The lowest BCUT2D eigenvalue weighted by Gasteiger charge is -2.13. The first kappa shape index (κ1) is 12.6. The highest BCUT2D eigenvalue weighted by molar-refractivity contribution is 9.10. The van der Waals surface area contributed by atoms with Gasteiger partial charge in [0, 0.05) is 10.7 Å². The summed E-state index contributed by atoms with van der Waals surface area (Å²) in [5.41, 5.74) is 1.43. The second-order valence-corrected chi connectivity index (χ2v) is 5.51. The topological polar surface area (TPSA) is 42.4 Å². The van der Waals surface area contributed by atoms with Gasteiger partial charge in [0.05, 0.1) is 11.8 Å². The zero-order valence-corrected chi connectivity index (χ0v) is 11.9. The molecule has 0 saturated heterocycles. The SMILES string of the molecule is OC(c1ccc(OC2CC2)cc1)c1ncccc1Br. The summed E-state index contributed by atoms with van der Waals surface area (Å²) >= 11 is 3.40. The molecule has 0 radical (unpaired) electrons. The smallest absolute Gasteiger partial charge is 0.122 e. The molecule has 1 fully saturated rings. The molecule has 1 aliphatic carbocycles. The Morgan fingerprint density at radius 2 is 1.95 bits per heavy atom. The number of ether oxygens (including phenoxy) is 1. The van der Waals surface area contributed by atoms with Crippen LogP contribution < -0.4 is 4.74 Å². The van der Waals surface area contributed by atoms with E-state index >= 15 is 0 Å². The van der Waals surface area contributed by atoms with E-state index in [4.69, 9.17) is 4.74 Å². The predicted molar refractivity (Wildman–Crippen MR) is 76.1 cm³/mol. The minimum Gasteiger partial charge on any atom is -0.490 e. The lowest BCUT2D eigenvalue weighted by atomic mass is 10.1. The number of pyridine rings is 1. The van der Waals surface area contributed by atoms with Gasteiger partial charge in [0.2, 0.25) is 0 Å². The van der Waals surface area contributed by atoms with Crippen molar-refractivity contribution in [3.05, 3.63) is 58.3 Å². The molecule has 1 N–H and O–H groups in total. The Morgan fingerprint density at radius 3 is 2.58 bits per heavy atom. The zero-order chi connectivity index (χ0) is 13.2. The summed E-state index contributed by atoms with van der Waals surface area (Å²) in [4.78, 5) is 4.21. The average molecular weight is 320 g/mol. The second kappa shape index (κ2) is 5.31. The summed E-state index contributed by atoms with van der Waals surface area (Å²) in [6, 6.07) is 11.2. The number of benzene rings is 1. The summed E-state index contributed by atoms with van der Waals surface area (Å²) in [5.74, 6) is 0.860. The Balaban J connectivity index is 1.79. The monoisotopic (exact) mass is 319 g/mol. The fourth-order valence-electron chi connectivity index (χ4n) is 1.86. The fraction of sp³-hybridized carbons (Fsp3) is 0.267. The van der Waals surface area contributed by atoms with Crippen LogP contribution in [0.4, 0.5) is 0 Å². The van der Waals surface area contributed by atoms with Crippen molar-refractivity contribution in [2.75, 3.05) is 0 Å². The summed E-state index contributed by atoms with van der Waals surface area (Å²) in [7, 11) is 0. The van der Waals surface area contributed by atoms with Crippen molar-refractivity contribution in [3.63, 3.8) is 0 Å². The first-order valence-corrected chi connectivity index (χ1v) is 7.08. The Kier molecular flexibility index (Phi) is 3.53. The highest BCUT2D eigenvalue weighted by Crippen LogP contribution is 2.30. The quantitative estimate of drug-likeness (QED) is 0.938. The highest BCUT2D eigenvalue weighted by Gasteiger charge is 2.23. The van der Waals surface area contributed by atoms with Crippen LogP contribution in [-0.4, -0.2) is 16.2 Å². The maximum atomic E-state index is 10.3. The molecule has 1 heterocycles. The molecule has 0 amide bonds. The van der Waals surface area contributed by atoms with Crippen molar-refractivity contribution < 1.29 is 9.84 Å². The highest BCUT2D eigenvalue weighted by atomic mass is 79.9. The van der Waals surface area contributed by atoms with Crippen LogP contribution in [0.2, 0.25) is 0 Å². The summed E-state index contributed by atoms with van der Waals surface area (Å²) in [6.45, 7) is 0. The Morgan fingerprint density at radius 1 is 1.21 bits per heavy atom. The van der Waals surface area contributed by atoms with Crippen molar-refractivity contribution in [1.29, 1.82) is 0 Å². The van der Waals surface area contributed by atoms with Crippen LogP contribution in [0.25, 0.3) is 0 Å². The van der Waals surface area contributed by atoms with Gasteiger partial charge in [-0.15, -0.1) is 0 Å². The average Bonchev–Trinajstić information content (AvgIpc) is 3.23. The van der Waals surface area contributed by atoms with E-state index in [1.807, 2.05) is 36.4 Å². The number of hydrogen-bond donors (Lipinski definition) is 1. The van der Waals surface area contributed by atoms with E-state index in [-0.39, 0.29) is 0 Å². The summed E-state index contributed by atoms with van der Waals surface area (Å²) < 4.78 is 6.49. The van der Waals surface area contributed by atoms with E-state index in [9.17, 15) is 5.11 Å². The van der Waals surface area contributed by atoms with Gasteiger partial charge in [-0.3, -0.25) is 4.98 Å². The van der Waals surface area contributed by atoms with Gasteiger partial charge in [-0.25, -0.2) is 0 Å². The molecular weight excluding hydrogens is 306 g/mol. The Bertz CT molecular complexity index is 567. The van der Waals surface area contributed by atoms with Gasteiger partial charge in [-0.1, -0.05) is 12.1 Å². The Hall–Kier alpha value is -1.39. The number of aliphatic hydroxyl groups excluding tert-OH is 1. The largest absolute Gasteiger partial charge is 0.490 e. The molecule has 2 aromatic rings. The zero-order valence-electron chi connectivity index (χ0n) is 10.3. The molecule has 0 bridgehead atoms. The van der Waals surface area contributed by atoms with Crippen LogP contribution in [0.3, 0.4) is 0 Å². The maximum absolute atomic E-state index is 10.3. The maximum Gasteiger partial charge on any atom is 0.122 e. The van der Waals surface area contributed by atoms with E-state index in [0.717, 1.165) is 28.6 Å². The molecule has 1 atom stereocenters. The van der Waals surface area contributed by atoms with Crippen LogP contribution in [0.1, 0.15) is 30.2 Å². The van der Waals surface area contributed by atoms with Crippen LogP contribution in [0.15, 0.2) is 47.1 Å². The molecule has 1 saturated carbocycles. The summed E-state index contributed by atoms with van der Waals surface area (Å²) in [5, 5.41) is 10.3. The molecule has 1 aromatic carbocycles. The molecular formula is C15H14BrNO2. The van der Waals surface area contributed by atoms with E-state index < -0.39 is 6.10 Å². The van der Waals surface area contributed by atoms with Crippen LogP contribution >= 0.6 is 15.9 Å². The van der Waals surface area contributed by atoms with Crippen molar-refractivity contribution in [2.24, 2.45) is 0 Å². The minimum atomic E-state index is -0.731. The fourth-order valence-corrected chi connectivity index (χ4v) is 2.34. The van der Waals surface area contributed by atoms with E-state index in [1.165, 1.54) is 0 Å². The molecule has 1 aromatic heterocycles. The molecule has 3 nitrogen and oxygen atoms in total. The van der Waals surface area contributed by atoms with Gasteiger partial charge in [-0.05, 0) is 58.6 Å². The number of hydrogen-bond acceptors (Lipinski definition) is 3. The van der Waals surface area contributed by atoms with Gasteiger partial charge in [0.15, 0.2) is 0 Å². The van der Waals surface area contributed by atoms with Crippen molar-refractivity contribution in [1.82, 2.24) is 4.98 Å². The first-order chi connectivity index (χ1) is 9.24. The van der Waals surface area contributed by atoms with Crippen molar-refractivity contribution >= 4 is 15.9 Å². The third-order valence-corrected chi connectivity index (χ3v) is 3.74. The molecule has 4 heteroatoms. The Labute approximate surface area is 120 Å². The van der Waals surface area contributed by atoms with Gasteiger partial charge in [0.25, 0.3) is 0 Å². The molecule has 98 valence electrons. The van der Waals surface area contributed by atoms with Gasteiger partial charge in [0.1, 0.15) is 11.9 Å². The number of halogens is 1. The third-order valence-electron chi connectivity index (χ3n) is 3.07. The molecule has 1 unspecified atom stereocenters. The van der Waals surface area contributed by atoms with Gasteiger partial charge in [-0.2, -0.15) is 0 Å². The predicted octanol–water partition coefficient (Wildman–Crippen LogP) is 3.47. The lowest BCUT2D eigenvalue weighted by molar-refractivity contribution is 0.214. The number of aliphatic hydroxyl groups is 1. The van der Waals surface area contributed by atoms with E-state index in [2.05, 4.69) is 20.9 Å². The number of nitrogens with zero attached hydrogens (tertiary/aromatic N) is 1. The standard InChI is InChI=1S/C15H14BrNO2/c16-13-2-1-9-17-14(13)15(18)10-3-5-11(6-4-10)19-12-7-8-12/h1-6,9,12,15,18H,7-8H2. The molecule has 0 spiro atoms. The molecule has 0 aliphatic heterocycles. The second-order valence-electron chi connectivity index (χ2n) is 4.66. The van der Waals surface area contributed by atoms with Crippen LogP contribution in [-0.2, 0) is 0 Å². The van der Waals surface area contributed by atoms with Crippen LogP contribution in [0.5, 0.6) is 5.75 Å². The van der Waals surface area contributed by atoms with Crippen molar-refractivity contribution in [2.45, 2.75) is 25.0 Å². The number of rotatable bonds is 4. The lowest BCUT2D eigenvalue weighted by Crippen LogP contribution is -2.03. The third kappa shape index (κ3) is 2.96. The normalized spacial score (nSPS) is 16.1. The molecule has 3 rings (SSSR count). The van der Waals surface area contributed by atoms with Crippen LogP contribution in [0, 0.1) is 0 Å².